The van der Waals surface area contributed by atoms with Gasteiger partial charge in [-0.15, -0.1) is 0 Å². The SMILES string of the molecule is CCNc1nc(C)c(C(=O)N2CCCC2c2nc(C)ncc2-c2ccncc2C)s1. The predicted molar refractivity (Wildman–Crippen MR) is 119 cm³/mol. The van der Waals surface area contributed by atoms with Crippen molar-refractivity contribution in [1.29, 1.82) is 0 Å². The van der Waals surface area contributed by atoms with Crippen LogP contribution in [0.4, 0.5) is 5.13 Å². The number of anilines is 1. The summed E-state index contributed by atoms with van der Waals surface area (Å²) in [7, 11) is 0. The highest BCUT2D eigenvalue weighted by atomic mass is 32.1. The third-order valence-corrected chi connectivity index (χ3v) is 6.50. The maximum atomic E-state index is 13.5. The average molecular weight is 423 g/mol. The zero-order valence-corrected chi connectivity index (χ0v) is 18.6. The lowest BCUT2D eigenvalue weighted by Gasteiger charge is -2.26. The van der Waals surface area contributed by atoms with E-state index in [1.165, 1.54) is 11.3 Å². The molecule has 0 radical (unpaired) electrons. The molecule has 1 fully saturated rings. The number of likely N-dealkylation sites (tertiary alicyclic amines) is 1. The summed E-state index contributed by atoms with van der Waals surface area (Å²) in [6.45, 7) is 9.35. The van der Waals surface area contributed by atoms with Gasteiger partial charge in [0.25, 0.3) is 5.91 Å². The molecule has 1 N–H and O–H groups in total. The Balaban J connectivity index is 1.73. The number of hydrogen-bond donors (Lipinski definition) is 1. The molecule has 1 unspecified atom stereocenters. The molecule has 7 nitrogen and oxygen atoms in total. The van der Waals surface area contributed by atoms with Gasteiger partial charge in [0.1, 0.15) is 10.7 Å². The van der Waals surface area contributed by atoms with E-state index >= 15 is 0 Å². The third-order valence-electron chi connectivity index (χ3n) is 5.40. The molecule has 1 aliphatic heterocycles. The molecule has 0 aromatic carbocycles. The summed E-state index contributed by atoms with van der Waals surface area (Å²) in [5, 5.41) is 4.00. The second-order valence-corrected chi connectivity index (χ2v) is 8.53. The number of pyridine rings is 1. The minimum absolute atomic E-state index is 0.0327. The maximum absolute atomic E-state index is 13.5. The fourth-order valence-electron chi connectivity index (χ4n) is 3.97. The van der Waals surface area contributed by atoms with E-state index in [0.717, 1.165) is 59.1 Å². The molecule has 1 aliphatic rings. The summed E-state index contributed by atoms with van der Waals surface area (Å²) < 4.78 is 0. The van der Waals surface area contributed by atoms with Crippen LogP contribution in [0.25, 0.3) is 11.1 Å². The number of rotatable bonds is 5. The Morgan fingerprint density at radius 3 is 2.83 bits per heavy atom. The summed E-state index contributed by atoms with van der Waals surface area (Å²) in [4.78, 5) is 34.1. The molecular formula is C22H26N6OS. The van der Waals surface area contributed by atoms with E-state index in [1.807, 2.05) is 51.1 Å². The van der Waals surface area contributed by atoms with E-state index < -0.39 is 0 Å². The van der Waals surface area contributed by atoms with E-state index in [2.05, 4.69) is 20.3 Å². The van der Waals surface area contributed by atoms with Gasteiger partial charge in [0.15, 0.2) is 5.13 Å². The van der Waals surface area contributed by atoms with Crippen LogP contribution in [0.3, 0.4) is 0 Å². The molecule has 0 bridgehead atoms. The summed E-state index contributed by atoms with van der Waals surface area (Å²) in [6, 6.07) is 1.91. The minimum atomic E-state index is -0.0779. The molecule has 1 saturated heterocycles. The van der Waals surface area contributed by atoms with Gasteiger partial charge in [-0.1, -0.05) is 11.3 Å². The van der Waals surface area contributed by atoms with Gasteiger partial charge in [-0.05, 0) is 57.7 Å². The van der Waals surface area contributed by atoms with Crippen LogP contribution in [0.2, 0.25) is 0 Å². The van der Waals surface area contributed by atoms with E-state index in [9.17, 15) is 4.79 Å². The number of nitrogens with one attached hydrogen (secondary N) is 1. The maximum Gasteiger partial charge on any atom is 0.266 e. The van der Waals surface area contributed by atoms with Crippen molar-refractivity contribution in [1.82, 2.24) is 24.8 Å². The normalized spacial score (nSPS) is 16.1. The summed E-state index contributed by atoms with van der Waals surface area (Å²) in [5.41, 5.74) is 4.78. The Kier molecular flexibility index (Phi) is 5.76. The fourth-order valence-corrected chi connectivity index (χ4v) is 4.96. The fraction of sp³-hybridized carbons (Fsp3) is 0.409. The molecule has 0 aliphatic carbocycles. The van der Waals surface area contributed by atoms with Crippen LogP contribution in [0.1, 0.15) is 58.3 Å². The number of aryl methyl sites for hydroxylation is 3. The zero-order chi connectivity index (χ0) is 21.3. The smallest absolute Gasteiger partial charge is 0.266 e. The topological polar surface area (TPSA) is 83.9 Å². The number of carbonyl (C=O) groups excluding carboxylic acids is 1. The Hall–Kier alpha value is -2.87. The zero-order valence-electron chi connectivity index (χ0n) is 17.8. The Labute approximate surface area is 180 Å². The Morgan fingerprint density at radius 1 is 1.23 bits per heavy atom. The van der Waals surface area contributed by atoms with Gasteiger partial charge >= 0.3 is 0 Å². The molecule has 3 aromatic heterocycles. The lowest BCUT2D eigenvalue weighted by atomic mass is 9.97. The van der Waals surface area contributed by atoms with Crippen LogP contribution < -0.4 is 5.32 Å². The van der Waals surface area contributed by atoms with E-state index in [-0.39, 0.29) is 11.9 Å². The molecule has 1 atom stereocenters. The average Bonchev–Trinajstić information content (AvgIpc) is 3.35. The predicted octanol–water partition coefficient (Wildman–Crippen LogP) is 4.33. The van der Waals surface area contributed by atoms with E-state index in [0.29, 0.717) is 10.7 Å². The minimum Gasteiger partial charge on any atom is -0.362 e. The number of nitrogens with zero attached hydrogens (tertiary/aromatic N) is 5. The standard InChI is InChI=1S/C22H26N6OS/c1-5-24-22-26-14(3)20(30-22)21(29)28-10-6-7-18(28)19-17(12-25-15(4)27-19)16-8-9-23-11-13(16)2/h8-9,11-12,18H,5-7,10H2,1-4H3,(H,24,26). The molecule has 4 heterocycles. The third kappa shape index (κ3) is 3.79. The number of hydrogen-bond acceptors (Lipinski definition) is 7. The van der Waals surface area contributed by atoms with Crippen molar-refractivity contribution in [2.24, 2.45) is 0 Å². The summed E-state index contributed by atoms with van der Waals surface area (Å²) in [6.07, 6.45) is 7.34. The van der Waals surface area contributed by atoms with Gasteiger partial charge < -0.3 is 10.2 Å². The quantitative estimate of drug-likeness (QED) is 0.659. The molecule has 0 spiro atoms. The highest BCUT2D eigenvalue weighted by molar-refractivity contribution is 7.17. The van der Waals surface area contributed by atoms with Gasteiger partial charge in [-0.2, -0.15) is 0 Å². The Bertz CT molecular complexity index is 1080. The largest absolute Gasteiger partial charge is 0.362 e. The van der Waals surface area contributed by atoms with Crippen LogP contribution in [-0.2, 0) is 0 Å². The molecule has 156 valence electrons. The van der Waals surface area contributed by atoms with Crippen LogP contribution in [-0.4, -0.2) is 43.8 Å². The number of aromatic nitrogens is 4. The monoisotopic (exact) mass is 422 g/mol. The van der Waals surface area contributed by atoms with Crippen molar-refractivity contribution in [3.05, 3.63) is 52.3 Å². The van der Waals surface area contributed by atoms with Gasteiger partial charge in [-0.3, -0.25) is 9.78 Å². The van der Waals surface area contributed by atoms with Crippen molar-refractivity contribution in [3.8, 4) is 11.1 Å². The van der Waals surface area contributed by atoms with Crippen molar-refractivity contribution in [2.75, 3.05) is 18.4 Å². The van der Waals surface area contributed by atoms with E-state index in [4.69, 9.17) is 4.98 Å². The molecular weight excluding hydrogens is 396 g/mol. The van der Waals surface area contributed by atoms with Gasteiger partial charge in [-0.25, -0.2) is 15.0 Å². The summed E-state index contributed by atoms with van der Waals surface area (Å²) in [5.74, 6) is 0.744. The van der Waals surface area contributed by atoms with Crippen LogP contribution in [0, 0.1) is 20.8 Å². The molecule has 1 amide bonds. The second kappa shape index (κ2) is 8.47. The number of amides is 1. The molecule has 30 heavy (non-hydrogen) atoms. The second-order valence-electron chi connectivity index (χ2n) is 7.53. The highest BCUT2D eigenvalue weighted by Crippen LogP contribution is 2.39. The van der Waals surface area contributed by atoms with Gasteiger partial charge in [0, 0.05) is 37.2 Å². The molecule has 3 aromatic rings. The van der Waals surface area contributed by atoms with Gasteiger partial charge in [0.2, 0.25) is 0 Å². The van der Waals surface area contributed by atoms with Crippen molar-refractivity contribution < 1.29 is 4.79 Å². The van der Waals surface area contributed by atoms with Gasteiger partial charge in [0.05, 0.1) is 17.4 Å². The first-order chi connectivity index (χ1) is 14.5. The lowest BCUT2D eigenvalue weighted by Crippen LogP contribution is -2.31. The van der Waals surface area contributed by atoms with E-state index in [1.54, 1.807) is 6.20 Å². The summed E-state index contributed by atoms with van der Waals surface area (Å²) >= 11 is 1.43. The first-order valence-electron chi connectivity index (χ1n) is 10.3. The van der Waals surface area contributed by atoms with Crippen LogP contribution >= 0.6 is 11.3 Å². The number of carbonyl (C=O) groups is 1. The molecule has 4 rings (SSSR count). The first-order valence-corrected chi connectivity index (χ1v) is 11.1. The first kappa shape index (κ1) is 20.4. The highest BCUT2D eigenvalue weighted by Gasteiger charge is 2.35. The van der Waals surface area contributed by atoms with Crippen molar-refractivity contribution in [3.63, 3.8) is 0 Å². The van der Waals surface area contributed by atoms with Crippen LogP contribution in [0.15, 0.2) is 24.7 Å². The van der Waals surface area contributed by atoms with Crippen molar-refractivity contribution in [2.45, 2.75) is 46.6 Å². The molecule has 0 saturated carbocycles. The van der Waals surface area contributed by atoms with Crippen LogP contribution in [0.5, 0.6) is 0 Å². The van der Waals surface area contributed by atoms with Crippen molar-refractivity contribution >= 4 is 22.4 Å². The number of thiazole rings is 1. The molecule has 8 heteroatoms. The lowest BCUT2D eigenvalue weighted by molar-refractivity contribution is 0.0737. The Morgan fingerprint density at radius 2 is 2.07 bits per heavy atom.